The molecule has 0 unspecified atom stereocenters. The second-order valence-electron chi connectivity index (χ2n) is 4.71. The normalized spacial score (nSPS) is 10.3. The van der Waals surface area contributed by atoms with Gasteiger partial charge in [0, 0.05) is 10.0 Å². The molecule has 0 saturated heterocycles. The van der Waals surface area contributed by atoms with E-state index >= 15 is 0 Å². The van der Waals surface area contributed by atoms with Crippen molar-refractivity contribution in [1.82, 2.24) is 9.78 Å². The number of aromatic nitrogens is 2. The molecule has 0 amide bonds. The van der Waals surface area contributed by atoms with E-state index in [0.29, 0.717) is 23.6 Å². The van der Waals surface area contributed by atoms with E-state index in [-0.39, 0.29) is 23.7 Å². The molecule has 6 nitrogen and oxygen atoms in total. The molecule has 1 aromatic heterocycles. The highest BCUT2D eigenvalue weighted by Gasteiger charge is 2.25. The molecule has 126 valence electrons. The average Bonchev–Trinajstić information content (AvgIpc) is 2.89. The number of rotatable bonds is 6. The van der Waals surface area contributed by atoms with Gasteiger partial charge in [0.15, 0.2) is 5.69 Å². The lowest BCUT2D eigenvalue weighted by Crippen LogP contribution is -2.08. The molecule has 0 fully saturated rings. The van der Waals surface area contributed by atoms with Crippen LogP contribution in [0.4, 0.5) is 0 Å². The SMILES string of the molecule is CCOC(=O)c1nn(CCC#N)c(-c2ccc(Br)cc2OC)c1Cl. The zero-order valence-electron chi connectivity index (χ0n) is 13.2. The Morgan fingerprint density at radius 3 is 2.88 bits per heavy atom. The molecule has 2 aromatic rings. The lowest BCUT2D eigenvalue weighted by molar-refractivity contribution is 0.0518. The van der Waals surface area contributed by atoms with Gasteiger partial charge in [-0.1, -0.05) is 27.5 Å². The molecule has 2 rings (SSSR count). The van der Waals surface area contributed by atoms with Crippen LogP contribution in [-0.4, -0.2) is 29.5 Å². The summed E-state index contributed by atoms with van der Waals surface area (Å²) < 4.78 is 12.8. The maximum absolute atomic E-state index is 12.1. The number of carbonyl (C=O) groups is 1. The molecule has 0 spiro atoms. The van der Waals surface area contributed by atoms with E-state index in [4.69, 9.17) is 26.3 Å². The molecule has 0 N–H and O–H groups in total. The summed E-state index contributed by atoms with van der Waals surface area (Å²) in [4.78, 5) is 12.1. The van der Waals surface area contributed by atoms with Crippen molar-refractivity contribution in [3.8, 4) is 23.1 Å². The first-order chi connectivity index (χ1) is 11.5. The first-order valence-electron chi connectivity index (χ1n) is 7.17. The molecule has 8 heteroatoms. The molecule has 0 aliphatic heterocycles. The molecular weight excluding hydrogens is 398 g/mol. The second kappa shape index (κ2) is 8.18. The monoisotopic (exact) mass is 411 g/mol. The summed E-state index contributed by atoms with van der Waals surface area (Å²) >= 11 is 9.79. The highest BCUT2D eigenvalue weighted by Crippen LogP contribution is 2.38. The molecule has 0 radical (unpaired) electrons. The Kier molecular flexibility index (Phi) is 6.23. The van der Waals surface area contributed by atoms with E-state index in [0.717, 1.165) is 4.47 Å². The van der Waals surface area contributed by atoms with Crippen LogP contribution >= 0.6 is 27.5 Å². The molecule has 0 bridgehead atoms. The van der Waals surface area contributed by atoms with Gasteiger partial charge in [0.25, 0.3) is 0 Å². The Morgan fingerprint density at radius 2 is 2.25 bits per heavy atom. The fourth-order valence-corrected chi connectivity index (χ4v) is 2.86. The quantitative estimate of drug-likeness (QED) is 0.669. The van der Waals surface area contributed by atoms with Gasteiger partial charge in [0.1, 0.15) is 10.8 Å². The minimum absolute atomic E-state index is 0.0245. The van der Waals surface area contributed by atoms with Crippen LogP contribution in [0.15, 0.2) is 22.7 Å². The Bertz CT molecular complexity index is 799. The van der Waals surface area contributed by atoms with Crippen molar-refractivity contribution in [2.75, 3.05) is 13.7 Å². The Balaban J connectivity index is 2.63. The van der Waals surface area contributed by atoms with Crippen LogP contribution in [0.1, 0.15) is 23.8 Å². The predicted octanol–water partition coefficient (Wildman–Crippen LogP) is 4.06. The van der Waals surface area contributed by atoms with Crippen LogP contribution in [0.5, 0.6) is 5.75 Å². The summed E-state index contributed by atoms with van der Waals surface area (Å²) in [6.45, 7) is 2.22. The van der Waals surface area contributed by atoms with Crippen molar-refractivity contribution in [2.24, 2.45) is 0 Å². The number of benzene rings is 1. The van der Waals surface area contributed by atoms with E-state index in [1.807, 2.05) is 12.1 Å². The highest BCUT2D eigenvalue weighted by atomic mass is 79.9. The topological polar surface area (TPSA) is 77.1 Å². The number of hydrogen-bond acceptors (Lipinski definition) is 5. The van der Waals surface area contributed by atoms with Crippen LogP contribution in [-0.2, 0) is 11.3 Å². The Morgan fingerprint density at radius 1 is 1.50 bits per heavy atom. The van der Waals surface area contributed by atoms with Crippen LogP contribution in [0.3, 0.4) is 0 Å². The third-order valence-corrected chi connectivity index (χ3v) is 4.07. The van der Waals surface area contributed by atoms with Crippen LogP contribution in [0.25, 0.3) is 11.3 Å². The van der Waals surface area contributed by atoms with Gasteiger partial charge >= 0.3 is 5.97 Å². The third-order valence-electron chi connectivity index (χ3n) is 3.22. The molecule has 0 aliphatic carbocycles. The van der Waals surface area contributed by atoms with Crippen molar-refractivity contribution in [2.45, 2.75) is 19.9 Å². The van der Waals surface area contributed by atoms with Crippen LogP contribution < -0.4 is 4.74 Å². The molecule has 1 aromatic carbocycles. The number of esters is 1. The number of nitriles is 1. The fourth-order valence-electron chi connectivity index (χ4n) is 2.21. The van der Waals surface area contributed by atoms with Crippen molar-refractivity contribution < 1.29 is 14.3 Å². The summed E-state index contributed by atoms with van der Waals surface area (Å²) in [6, 6.07) is 7.49. The van der Waals surface area contributed by atoms with Crippen molar-refractivity contribution in [3.05, 3.63) is 33.4 Å². The zero-order valence-corrected chi connectivity index (χ0v) is 15.5. The van der Waals surface area contributed by atoms with Crippen LogP contribution in [0, 0.1) is 11.3 Å². The number of carbonyl (C=O) groups excluding carboxylic acids is 1. The maximum Gasteiger partial charge on any atom is 0.360 e. The summed E-state index contributed by atoms with van der Waals surface area (Å²) in [5.74, 6) is -0.0321. The second-order valence-corrected chi connectivity index (χ2v) is 6.00. The van der Waals surface area contributed by atoms with E-state index in [9.17, 15) is 4.79 Å². The number of halogens is 2. The fraction of sp³-hybridized carbons (Fsp3) is 0.312. The lowest BCUT2D eigenvalue weighted by atomic mass is 10.1. The van der Waals surface area contributed by atoms with E-state index in [1.165, 1.54) is 4.68 Å². The molecule has 24 heavy (non-hydrogen) atoms. The average molecular weight is 413 g/mol. The van der Waals surface area contributed by atoms with E-state index in [2.05, 4.69) is 27.1 Å². The summed E-state index contributed by atoms with van der Waals surface area (Å²) in [5.41, 5.74) is 1.21. The first kappa shape index (κ1) is 18.3. The van der Waals surface area contributed by atoms with Crippen molar-refractivity contribution in [1.29, 1.82) is 5.26 Å². The van der Waals surface area contributed by atoms with Gasteiger partial charge in [-0.25, -0.2) is 4.79 Å². The first-order valence-corrected chi connectivity index (χ1v) is 8.34. The van der Waals surface area contributed by atoms with Crippen molar-refractivity contribution >= 4 is 33.5 Å². The summed E-state index contributed by atoms with van der Waals surface area (Å²) in [6.07, 6.45) is 0.228. The summed E-state index contributed by atoms with van der Waals surface area (Å²) in [7, 11) is 1.54. The third kappa shape index (κ3) is 3.71. The molecule has 0 aliphatic rings. The Labute approximate surface area is 153 Å². The zero-order chi connectivity index (χ0) is 17.7. The van der Waals surface area contributed by atoms with Crippen LogP contribution in [0.2, 0.25) is 5.02 Å². The van der Waals surface area contributed by atoms with Gasteiger partial charge in [-0.2, -0.15) is 10.4 Å². The molecular formula is C16H15BrClN3O3. The maximum atomic E-state index is 12.1. The molecule has 0 saturated carbocycles. The number of hydrogen-bond donors (Lipinski definition) is 0. The minimum atomic E-state index is -0.601. The van der Waals surface area contributed by atoms with Gasteiger partial charge < -0.3 is 9.47 Å². The number of methoxy groups -OCH3 is 1. The largest absolute Gasteiger partial charge is 0.496 e. The van der Waals surface area contributed by atoms with Gasteiger partial charge in [-0.15, -0.1) is 0 Å². The van der Waals surface area contributed by atoms with Gasteiger partial charge in [-0.3, -0.25) is 4.68 Å². The van der Waals surface area contributed by atoms with E-state index in [1.54, 1.807) is 20.1 Å². The number of ether oxygens (including phenoxy) is 2. The molecule has 0 atom stereocenters. The Hall–Kier alpha value is -2.04. The van der Waals surface area contributed by atoms with Gasteiger partial charge in [0.2, 0.25) is 0 Å². The van der Waals surface area contributed by atoms with Crippen molar-refractivity contribution in [3.63, 3.8) is 0 Å². The standard InChI is InChI=1S/C16H15BrClN3O3/c1-3-24-16(22)14-13(18)15(21(20-14)8-4-7-19)11-6-5-10(17)9-12(11)23-2/h5-6,9H,3-4,8H2,1-2H3. The smallest absolute Gasteiger partial charge is 0.360 e. The highest BCUT2D eigenvalue weighted by molar-refractivity contribution is 9.10. The predicted molar refractivity (Wildman–Crippen MR) is 93.1 cm³/mol. The van der Waals surface area contributed by atoms with E-state index < -0.39 is 5.97 Å². The van der Waals surface area contributed by atoms with Gasteiger partial charge in [0.05, 0.1) is 38.4 Å². The molecule has 1 heterocycles. The lowest BCUT2D eigenvalue weighted by Gasteiger charge is -2.11. The summed E-state index contributed by atoms with van der Waals surface area (Å²) in [5, 5.41) is 13.3. The number of aryl methyl sites for hydroxylation is 1. The minimum Gasteiger partial charge on any atom is -0.496 e. The van der Waals surface area contributed by atoms with Gasteiger partial charge in [-0.05, 0) is 25.1 Å². The number of nitrogens with zero attached hydrogens (tertiary/aromatic N) is 3.